The quantitative estimate of drug-likeness (QED) is 0.667. The topological polar surface area (TPSA) is 64.7 Å². The smallest absolute Gasteiger partial charge is 0.123 e. The molecule has 0 spiro atoms. The van der Waals surface area contributed by atoms with Crippen molar-refractivity contribution in [1.82, 2.24) is 0 Å². The van der Waals surface area contributed by atoms with Crippen molar-refractivity contribution in [3.8, 4) is 5.75 Å². The van der Waals surface area contributed by atoms with Crippen molar-refractivity contribution >= 4 is 0 Å². The third-order valence-corrected chi connectivity index (χ3v) is 3.30. The van der Waals surface area contributed by atoms with E-state index in [4.69, 9.17) is 15.2 Å². The van der Waals surface area contributed by atoms with Gasteiger partial charge in [0.05, 0.1) is 6.61 Å². The summed E-state index contributed by atoms with van der Waals surface area (Å²) < 4.78 is 11.0. The number of aliphatic hydroxyl groups is 1. The van der Waals surface area contributed by atoms with Gasteiger partial charge >= 0.3 is 0 Å². The fourth-order valence-electron chi connectivity index (χ4n) is 1.92. The van der Waals surface area contributed by atoms with Gasteiger partial charge in [-0.1, -0.05) is 31.0 Å². The predicted octanol–water partition coefficient (Wildman–Crippen LogP) is 1.70. The molecule has 0 radical (unpaired) electrons. The summed E-state index contributed by atoms with van der Waals surface area (Å²) in [5.41, 5.74) is 6.57. The van der Waals surface area contributed by atoms with Gasteiger partial charge in [-0.25, -0.2) is 0 Å². The number of rotatable bonds is 9. The lowest BCUT2D eigenvalue weighted by Gasteiger charge is -2.14. The minimum absolute atomic E-state index is 0.237. The number of benzene rings is 1. The Morgan fingerprint density at radius 3 is 2.79 bits per heavy atom. The van der Waals surface area contributed by atoms with E-state index in [1.54, 1.807) is 0 Å². The molecule has 1 unspecified atom stereocenters. The summed E-state index contributed by atoms with van der Waals surface area (Å²) in [4.78, 5) is 0. The summed E-state index contributed by atoms with van der Waals surface area (Å²) in [7, 11) is 0. The Balaban J connectivity index is 1.62. The molecule has 0 amide bonds. The molecular formula is C15H23NO3. The predicted molar refractivity (Wildman–Crippen MR) is 74.0 cm³/mol. The molecule has 3 N–H and O–H groups in total. The van der Waals surface area contributed by atoms with Crippen LogP contribution < -0.4 is 10.5 Å². The number of aliphatic hydroxyl groups excluding tert-OH is 1. The van der Waals surface area contributed by atoms with Crippen LogP contribution in [0.5, 0.6) is 5.75 Å². The highest BCUT2D eigenvalue weighted by atomic mass is 16.5. The zero-order valence-electron chi connectivity index (χ0n) is 11.3. The summed E-state index contributed by atoms with van der Waals surface area (Å²) in [6, 6.07) is 7.61. The highest BCUT2D eigenvalue weighted by Crippen LogP contribution is 2.32. The monoisotopic (exact) mass is 265 g/mol. The van der Waals surface area contributed by atoms with E-state index in [-0.39, 0.29) is 6.61 Å². The minimum atomic E-state index is -0.593. The normalized spacial score (nSPS) is 16.3. The Hall–Kier alpha value is -1.10. The van der Waals surface area contributed by atoms with Gasteiger partial charge in [0, 0.05) is 18.7 Å². The summed E-state index contributed by atoms with van der Waals surface area (Å²) in [5, 5.41) is 9.77. The SMILES string of the molecule is NCc1ccccc1OCC(O)COCCC1CC1. The maximum absolute atomic E-state index is 9.77. The van der Waals surface area contributed by atoms with Crippen LogP contribution in [0.15, 0.2) is 24.3 Å². The molecule has 2 rings (SSSR count). The van der Waals surface area contributed by atoms with E-state index in [1.165, 1.54) is 12.8 Å². The van der Waals surface area contributed by atoms with Gasteiger partial charge in [-0.3, -0.25) is 0 Å². The molecule has 1 aromatic rings. The fourth-order valence-corrected chi connectivity index (χ4v) is 1.92. The van der Waals surface area contributed by atoms with Crippen molar-refractivity contribution in [2.24, 2.45) is 11.7 Å². The van der Waals surface area contributed by atoms with Crippen LogP contribution in [0.25, 0.3) is 0 Å². The second-order valence-corrected chi connectivity index (χ2v) is 5.08. The number of hydrogen-bond donors (Lipinski definition) is 2. The molecule has 1 fully saturated rings. The van der Waals surface area contributed by atoms with E-state index < -0.39 is 6.10 Å². The molecule has 0 aromatic heterocycles. The summed E-state index contributed by atoms with van der Waals surface area (Å²) >= 11 is 0. The molecule has 1 aliphatic carbocycles. The molecule has 1 saturated carbocycles. The standard InChI is InChI=1S/C15H23NO3/c16-9-13-3-1-2-4-15(13)19-11-14(17)10-18-8-7-12-5-6-12/h1-4,12,14,17H,5-11,16H2. The first kappa shape index (κ1) is 14.3. The zero-order chi connectivity index (χ0) is 13.5. The summed E-state index contributed by atoms with van der Waals surface area (Å²) in [6.45, 7) is 1.74. The molecule has 1 atom stereocenters. The van der Waals surface area contributed by atoms with Gasteiger partial charge in [-0.2, -0.15) is 0 Å². The molecule has 4 heteroatoms. The number of nitrogens with two attached hydrogens (primary N) is 1. The van der Waals surface area contributed by atoms with Gasteiger partial charge in [0.2, 0.25) is 0 Å². The molecule has 0 saturated heterocycles. The first-order valence-electron chi connectivity index (χ1n) is 6.96. The second kappa shape index (κ2) is 7.48. The van der Waals surface area contributed by atoms with Crippen molar-refractivity contribution in [2.45, 2.75) is 31.9 Å². The van der Waals surface area contributed by atoms with Crippen molar-refractivity contribution in [1.29, 1.82) is 0 Å². The molecule has 0 heterocycles. The molecular weight excluding hydrogens is 242 g/mol. The first-order valence-corrected chi connectivity index (χ1v) is 6.96. The average Bonchev–Trinajstić information content (AvgIpc) is 3.26. The first-order chi connectivity index (χ1) is 9.29. The zero-order valence-corrected chi connectivity index (χ0v) is 11.3. The van der Waals surface area contributed by atoms with Crippen LogP contribution in [0.4, 0.5) is 0 Å². The van der Waals surface area contributed by atoms with Crippen molar-refractivity contribution in [3.05, 3.63) is 29.8 Å². The highest BCUT2D eigenvalue weighted by molar-refractivity contribution is 5.32. The molecule has 0 bridgehead atoms. The van der Waals surface area contributed by atoms with E-state index in [0.29, 0.717) is 13.2 Å². The molecule has 4 nitrogen and oxygen atoms in total. The average molecular weight is 265 g/mol. The van der Waals surface area contributed by atoms with Gasteiger partial charge < -0.3 is 20.3 Å². The fraction of sp³-hybridized carbons (Fsp3) is 0.600. The van der Waals surface area contributed by atoms with Crippen molar-refractivity contribution in [2.75, 3.05) is 19.8 Å². The lowest BCUT2D eigenvalue weighted by Crippen LogP contribution is -2.24. The largest absolute Gasteiger partial charge is 0.490 e. The van der Waals surface area contributed by atoms with Gasteiger partial charge in [0.1, 0.15) is 18.5 Å². The summed E-state index contributed by atoms with van der Waals surface area (Å²) in [5.74, 6) is 1.60. The van der Waals surface area contributed by atoms with Crippen LogP contribution in [0, 0.1) is 5.92 Å². The van der Waals surface area contributed by atoms with Crippen LogP contribution in [-0.2, 0) is 11.3 Å². The van der Waals surface area contributed by atoms with Crippen LogP contribution in [-0.4, -0.2) is 31.0 Å². The van der Waals surface area contributed by atoms with Gasteiger partial charge in [-0.15, -0.1) is 0 Å². The van der Waals surface area contributed by atoms with Crippen LogP contribution >= 0.6 is 0 Å². The van der Waals surface area contributed by atoms with E-state index in [1.807, 2.05) is 24.3 Å². The van der Waals surface area contributed by atoms with Crippen molar-refractivity contribution in [3.63, 3.8) is 0 Å². The lowest BCUT2D eigenvalue weighted by molar-refractivity contribution is 0.0102. The van der Waals surface area contributed by atoms with E-state index in [0.717, 1.165) is 30.3 Å². The van der Waals surface area contributed by atoms with Crippen LogP contribution in [0.3, 0.4) is 0 Å². The number of hydrogen-bond acceptors (Lipinski definition) is 4. The minimum Gasteiger partial charge on any atom is -0.490 e. The molecule has 106 valence electrons. The molecule has 19 heavy (non-hydrogen) atoms. The third-order valence-electron chi connectivity index (χ3n) is 3.30. The maximum Gasteiger partial charge on any atom is 0.123 e. The van der Waals surface area contributed by atoms with Crippen LogP contribution in [0.2, 0.25) is 0 Å². The Morgan fingerprint density at radius 1 is 1.26 bits per heavy atom. The van der Waals surface area contributed by atoms with Crippen LogP contribution in [0.1, 0.15) is 24.8 Å². The Bertz CT molecular complexity index is 379. The Morgan fingerprint density at radius 2 is 2.05 bits per heavy atom. The van der Waals surface area contributed by atoms with Crippen molar-refractivity contribution < 1.29 is 14.6 Å². The Kier molecular flexibility index (Phi) is 5.63. The molecule has 1 aromatic carbocycles. The second-order valence-electron chi connectivity index (χ2n) is 5.08. The van der Waals surface area contributed by atoms with Gasteiger partial charge in [0.15, 0.2) is 0 Å². The van der Waals surface area contributed by atoms with E-state index in [2.05, 4.69) is 0 Å². The molecule has 1 aliphatic rings. The maximum atomic E-state index is 9.77. The van der Waals surface area contributed by atoms with E-state index >= 15 is 0 Å². The summed E-state index contributed by atoms with van der Waals surface area (Å²) in [6.07, 6.45) is 3.20. The molecule has 0 aliphatic heterocycles. The van der Waals surface area contributed by atoms with Gasteiger partial charge in [-0.05, 0) is 18.4 Å². The van der Waals surface area contributed by atoms with Gasteiger partial charge in [0.25, 0.3) is 0 Å². The third kappa shape index (κ3) is 5.19. The number of para-hydroxylation sites is 1. The highest BCUT2D eigenvalue weighted by Gasteiger charge is 2.20. The number of ether oxygens (including phenoxy) is 2. The Labute approximate surface area is 114 Å². The lowest BCUT2D eigenvalue weighted by atomic mass is 10.2. The van der Waals surface area contributed by atoms with E-state index in [9.17, 15) is 5.11 Å².